The van der Waals surface area contributed by atoms with Gasteiger partial charge in [0.2, 0.25) is 0 Å². The van der Waals surface area contributed by atoms with Crippen LogP contribution >= 0.6 is 0 Å². The number of hydrogen-bond acceptors (Lipinski definition) is 4. The Labute approximate surface area is 134 Å². The van der Waals surface area contributed by atoms with E-state index in [9.17, 15) is 9.90 Å². The summed E-state index contributed by atoms with van der Waals surface area (Å²) >= 11 is 0. The molecule has 1 N–H and O–H groups in total. The Morgan fingerprint density at radius 2 is 2.17 bits per heavy atom. The first-order chi connectivity index (χ1) is 11.2. The molecule has 0 radical (unpaired) electrons. The molecule has 122 valence electrons. The van der Waals surface area contributed by atoms with Crippen LogP contribution < -0.4 is 0 Å². The van der Waals surface area contributed by atoms with Gasteiger partial charge in [-0.15, -0.1) is 0 Å². The van der Waals surface area contributed by atoms with Crippen LogP contribution in [0, 0.1) is 0 Å². The lowest BCUT2D eigenvalue weighted by Gasteiger charge is -2.46. The monoisotopic (exact) mass is 315 g/mol. The quantitative estimate of drug-likeness (QED) is 0.865. The van der Waals surface area contributed by atoms with Gasteiger partial charge in [0, 0.05) is 38.3 Å². The van der Waals surface area contributed by atoms with Gasteiger partial charge in [-0.05, 0) is 37.8 Å². The molecule has 0 saturated carbocycles. The summed E-state index contributed by atoms with van der Waals surface area (Å²) in [6.45, 7) is 1.96. The molecule has 2 aliphatic heterocycles. The van der Waals surface area contributed by atoms with E-state index in [-0.39, 0.29) is 5.91 Å². The molecule has 23 heavy (non-hydrogen) atoms. The molecule has 2 saturated heterocycles. The molecule has 1 atom stereocenters. The number of rotatable bonds is 1. The number of amides is 1. The lowest BCUT2D eigenvalue weighted by Crippen LogP contribution is -2.56. The number of hydrogen-bond donors (Lipinski definition) is 1. The number of carbonyl (C=O) groups excluding carboxylic acids is 1. The summed E-state index contributed by atoms with van der Waals surface area (Å²) < 4.78 is 7.75. The van der Waals surface area contributed by atoms with E-state index in [0.717, 1.165) is 18.5 Å². The Bertz CT molecular complexity index is 719. The molecule has 2 aromatic rings. The van der Waals surface area contributed by atoms with Crippen LogP contribution in [0.15, 0.2) is 30.7 Å². The highest BCUT2D eigenvalue weighted by molar-refractivity contribution is 5.94. The number of fused-ring (bicyclic) bond motifs is 1. The molecule has 4 rings (SSSR count). The molecule has 2 fully saturated rings. The van der Waals surface area contributed by atoms with Gasteiger partial charge in [-0.3, -0.25) is 4.79 Å². The molecule has 2 aliphatic rings. The van der Waals surface area contributed by atoms with Gasteiger partial charge in [-0.1, -0.05) is 0 Å². The number of aliphatic hydroxyl groups excluding tert-OH is 1. The summed E-state index contributed by atoms with van der Waals surface area (Å²) in [5, 5.41) is 10.3. The summed E-state index contributed by atoms with van der Waals surface area (Å²) in [6, 6.07) is 3.67. The second kappa shape index (κ2) is 5.62. The molecule has 1 spiro atoms. The van der Waals surface area contributed by atoms with Crippen molar-refractivity contribution in [1.82, 2.24) is 14.3 Å². The summed E-state index contributed by atoms with van der Waals surface area (Å²) in [6.07, 6.45) is 8.08. The van der Waals surface area contributed by atoms with Crippen molar-refractivity contribution >= 4 is 11.6 Å². The maximum atomic E-state index is 12.7. The van der Waals surface area contributed by atoms with Crippen molar-refractivity contribution in [3.63, 3.8) is 0 Å². The Balaban J connectivity index is 1.48. The number of nitrogens with zero attached hydrogens (tertiary/aromatic N) is 3. The van der Waals surface area contributed by atoms with Crippen LogP contribution in [0.3, 0.4) is 0 Å². The molecule has 6 heteroatoms. The summed E-state index contributed by atoms with van der Waals surface area (Å²) in [5.41, 5.74) is 1.05. The van der Waals surface area contributed by atoms with E-state index in [4.69, 9.17) is 4.74 Å². The first-order valence-corrected chi connectivity index (χ1v) is 8.22. The van der Waals surface area contributed by atoms with E-state index in [1.807, 2.05) is 33.8 Å². The maximum Gasteiger partial charge on any atom is 0.255 e. The Kier molecular flexibility index (Phi) is 3.58. The van der Waals surface area contributed by atoms with Crippen molar-refractivity contribution < 1.29 is 14.6 Å². The number of pyridine rings is 1. The first-order valence-electron chi connectivity index (χ1n) is 8.22. The summed E-state index contributed by atoms with van der Waals surface area (Å²) in [7, 11) is 0. The molecule has 0 aromatic carbocycles. The maximum absolute atomic E-state index is 12.7. The zero-order valence-corrected chi connectivity index (χ0v) is 13.0. The molecular weight excluding hydrogens is 294 g/mol. The molecule has 1 amide bonds. The number of likely N-dealkylation sites (tertiary alicyclic amines) is 1. The third-order valence-corrected chi connectivity index (χ3v) is 5.15. The van der Waals surface area contributed by atoms with Crippen LogP contribution in [-0.4, -0.2) is 56.7 Å². The molecule has 0 aliphatic carbocycles. The number of imidazole rings is 1. The third-order valence-electron chi connectivity index (χ3n) is 5.15. The van der Waals surface area contributed by atoms with Crippen LogP contribution in [0.4, 0.5) is 0 Å². The van der Waals surface area contributed by atoms with Crippen LogP contribution in [-0.2, 0) is 4.74 Å². The second-order valence-corrected chi connectivity index (χ2v) is 6.47. The molecular formula is C17H21N3O3. The Morgan fingerprint density at radius 1 is 1.35 bits per heavy atom. The minimum Gasteiger partial charge on any atom is -0.390 e. The Hall–Kier alpha value is -1.92. The van der Waals surface area contributed by atoms with E-state index < -0.39 is 11.7 Å². The van der Waals surface area contributed by atoms with Gasteiger partial charge in [-0.25, -0.2) is 4.98 Å². The van der Waals surface area contributed by atoms with Gasteiger partial charge in [0.05, 0.1) is 17.3 Å². The van der Waals surface area contributed by atoms with Crippen molar-refractivity contribution in [2.24, 2.45) is 0 Å². The summed E-state index contributed by atoms with van der Waals surface area (Å²) in [5.74, 6) is 0.0285. The number of aliphatic hydroxyl groups is 1. The highest BCUT2D eigenvalue weighted by atomic mass is 16.5. The van der Waals surface area contributed by atoms with E-state index in [0.29, 0.717) is 38.1 Å². The van der Waals surface area contributed by atoms with Gasteiger partial charge in [0.1, 0.15) is 5.65 Å². The Morgan fingerprint density at radius 3 is 2.96 bits per heavy atom. The largest absolute Gasteiger partial charge is 0.390 e. The molecule has 1 unspecified atom stereocenters. The smallest absolute Gasteiger partial charge is 0.255 e. The third kappa shape index (κ3) is 2.52. The van der Waals surface area contributed by atoms with Crippen LogP contribution in [0.5, 0.6) is 0 Å². The second-order valence-electron chi connectivity index (χ2n) is 6.47. The number of piperidine rings is 1. The molecule has 6 nitrogen and oxygen atoms in total. The fourth-order valence-electron chi connectivity index (χ4n) is 3.71. The van der Waals surface area contributed by atoms with Crippen LogP contribution in [0.25, 0.3) is 5.65 Å². The van der Waals surface area contributed by atoms with E-state index in [1.54, 1.807) is 6.20 Å². The predicted molar refractivity (Wildman–Crippen MR) is 84.3 cm³/mol. The zero-order valence-electron chi connectivity index (χ0n) is 13.0. The predicted octanol–water partition coefficient (Wildman–Crippen LogP) is 1.48. The fourth-order valence-corrected chi connectivity index (χ4v) is 3.71. The average molecular weight is 315 g/mol. The normalized spacial score (nSPS) is 24.2. The van der Waals surface area contributed by atoms with Crippen LogP contribution in [0.2, 0.25) is 0 Å². The lowest BCUT2D eigenvalue weighted by molar-refractivity contribution is -0.174. The van der Waals surface area contributed by atoms with E-state index in [1.165, 1.54) is 0 Å². The number of carbonyl (C=O) groups is 1. The highest BCUT2D eigenvalue weighted by Gasteiger charge is 2.44. The van der Waals surface area contributed by atoms with Gasteiger partial charge < -0.3 is 19.1 Å². The SMILES string of the molecule is O=C(c1ccc2nccn2c1)N1CCC2(CC1)OCCCC2O. The lowest BCUT2D eigenvalue weighted by atomic mass is 9.82. The topological polar surface area (TPSA) is 67.1 Å². The van der Waals surface area contributed by atoms with E-state index in [2.05, 4.69) is 4.98 Å². The van der Waals surface area contributed by atoms with E-state index >= 15 is 0 Å². The molecule has 0 bridgehead atoms. The first kappa shape index (κ1) is 14.7. The minimum atomic E-state index is -0.441. The van der Waals surface area contributed by atoms with Gasteiger partial charge in [0.15, 0.2) is 0 Å². The number of ether oxygens (including phenoxy) is 1. The average Bonchev–Trinajstić information content (AvgIpc) is 3.05. The van der Waals surface area contributed by atoms with Crippen molar-refractivity contribution in [3.8, 4) is 0 Å². The van der Waals surface area contributed by atoms with Gasteiger partial charge in [0.25, 0.3) is 5.91 Å². The van der Waals surface area contributed by atoms with Crippen molar-refractivity contribution in [2.75, 3.05) is 19.7 Å². The van der Waals surface area contributed by atoms with Crippen molar-refractivity contribution in [2.45, 2.75) is 37.4 Å². The highest BCUT2D eigenvalue weighted by Crippen LogP contribution is 2.35. The fraction of sp³-hybridized carbons (Fsp3) is 0.529. The zero-order chi connectivity index (χ0) is 15.9. The van der Waals surface area contributed by atoms with Crippen molar-refractivity contribution in [1.29, 1.82) is 0 Å². The van der Waals surface area contributed by atoms with Gasteiger partial charge in [-0.2, -0.15) is 0 Å². The standard InChI is InChI=1S/C17H21N3O3/c21-14-2-1-11-23-17(14)5-8-19(9-6-17)16(22)13-3-4-15-18-7-10-20(15)12-13/h3-4,7,10,12,14,21H,1-2,5-6,8-9,11H2. The molecule has 2 aromatic heterocycles. The van der Waals surface area contributed by atoms with Crippen LogP contribution in [0.1, 0.15) is 36.0 Å². The minimum absolute atomic E-state index is 0.0285. The molecule has 4 heterocycles. The van der Waals surface area contributed by atoms with Gasteiger partial charge >= 0.3 is 0 Å². The summed E-state index contributed by atoms with van der Waals surface area (Å²) in [4.78, 5) is 18.8. The van der Waals surface area contributed by atoms with Crippen molar-refractivity contribution in [3.05, 3.63) is 36.3 Å². The number of aromatic nitrogens is 2.